The van der Waals surface area contributed by atoms with Crippen LogP contribution in [0.1, 0.15) is 5.01 Å². The van der Waals surface area contributed by atoms with E-state index < -0.39 is 0 Å². The Kier molecular flexibility index (Phi) is 1.29. The van der Waals surface area contributed by atoms with E-state index in [1.807, 2.05) is 12.0 Å². The molecule has 0 aromatic carbocycles. The van der Waals surface area contributed by atoms with Crippen molar-refractivity contribution >= 4 is 16.5 Å². The van der Waals surface area contributed by atoms with E-state index in [0.717, 1.165) is 5.01 Å². The van der Waals surface area contributed by atoms with E-state index in [0.29, 0.717) is 5.13 Å². The van der Waals surface area contributed by atoms with Crippen molar-refractivity contribution < 1.29 is 5.11 Å². The summed E-state index contributed by atoms with van der Waals surface area (Å²) in [7, 11) is 0. The summed E-state index contributed by atoms with van der Waals surface area (Å²) in [5.41, 5.74) is 8.21. The maximum Gasteiger partial charge on any atom is 0.393 e. The molecule has 0 amide bonds. The van der Waals surface area contributed by atoms with Gasteiger partial charge in [0.1, 0.15) is 5.01 Å². The van der Waals surface area contributed by atoms with Gasteiger partial charge in [0.2, 0.25) is 0 Å². The second kappa shape index (κ2) is 1.95. The summed E-state index contributed by atoms with van der Waals surface area (Å²) in [5, 5.41) is 10.3. The normalized spacial score (nSPS) is 9.12. The monoisotopic (exact) mass is 128 g/mol. The van der Waals surface area contributed by atoms with Crippen molar-refractivity contribution in [3.8, 4) is 0 Å². The summed E-state index contributed by atoms with van der Waals surface area (Å²) in [4.78, 5) is 0. The lowest BCUT2D eigenvalue weighted by molar-refractivity contribution is -0.379. The fourth-order valence-corrected chi connectivity index (χ4v) is 0.831. The molecular weight excluding hydrogens is 124 g/mol. The molecule has 0 bridgehead atoms. The van der Waals surface area contributed by atoms with Crippen molar-refractivity contribution in [1.29, 1.82) is 0 Å². The van der Waals surface area contributed by atoms with Crippen molar-refractivity contribution in [3.63, 3.8) is 0 Å². The third kappa shape index (κ3) is 0.865. The molecule has 0 unspecified atom stereocenters. The van der Waals surface area contributed by atoms with E-state index in [9.17, 15) is 0 Å². The standard InChI is InChI=1S/C3H4N4S/c1-2-6-7-3(5-4)8-2/h5H,1H3. The predicted octanol–water partition coefficient (Wildman–Crippen LogP) is -0.420. The zero-order valence-electron chi connectivity index (χ0n) is 4.25. The van der Waals surface area contributed by atoms with Crippen LogP contribution >= 0.6 is 11.3 Å². The molecule has 1 aromatic rings. The van der Waals surface area contributed by atoms with Crippen LogP contribution in [0.2, 0.25) is 0 Å². The van der Waals surface area contributed by atoms with Crippen LogP contribution < -0.4 is 5.11 Å². The van der Waals surface area contributed by atoms with Crippen LogP contribution in [0.4, 0.5) is 5.13 Å². The van der Waals surface area contributed by atoms with Gasteiger partial charge in [-0.1, -0.05) is 0 Å². The van der Waals surface area contributed by atoms with E-state index in [1.54, 1.807) is 0 Å². The Bertz CT molecular complexity index is 193. The zero-order chi connectivity index (χ0) is 5.98. The summed E-state index contributed by atoms with van der Waals surface area (Å²) >= 11 is 1.30. The minimum atomic E-state index is 0.433. The highest BCUT2D eigenvalue weighted by Gasteiger charge is 2.00. The first-order chi connectivity index (χ1) is 3.83. The molecule has 8 heavy (non-hydrogen) atoms. The van der Waals surface area contributed by atoms with E-state index in [1.165, 1.54) is 11.3 Å². The van der Waals surface area contributed by atoms with E-state index in [2.05, 4.69) is 10.2 Å². The molecular formula is C3H4N4S. The third-order valence-electron chi connectivity index (χ3n) is 0.622. The molecule has 0 saturated heterocycles. The van der Waals surface area contributed by atoms with Gasteiger partial charge in [-0.3, -0.25) is 0 Å². The lowest BCUT2D eigenvalue weighted by Gasteiger charge is -1.69. The highest BCUT2D eigenvalue weighted by Crippen LogP contribution is 2.05. The molecule has 0 spiro atoms. The Hall–Kier alpha value is -0.840. The lowest BCUT2D eigenvalue weighted by Crippen LogP contribution is -2.54. The van der Waals surface area contributed by atoms with Crippen LogP contribution in [-0.4, -0.2) is 10.2 Å². The van der Waals surface area contributed by atoms with Gasteiger partial charge in [0, 0.05) is 0 Å². The smallest absolute Gasteiger partial charge is 0.393 e. The second-order valence-corrected chi connectivity index (χ2v) is 2.42. The summed E-state index contributed by atoms with van der Waals surface area (Å²) in [6.45, 7) is 1.82. The van der Waals surface area contributed by atoms with Gasteiger partial charge < -0.3 is 10.6 Å². The van der Waals surface area contributed by atoms with E-state index in [4.69, 9.17) is 5.53 Å². The van der Waals surface area contributed by atoms with Crippen LogP contribution in [0.25, 0.3) is 5.53 Å². The maximum absolute atomic E-state index is 8.21. The number of hydrogen-bond acceptors (Lipinski definition) is 3. The van der Waals surface area contributed by atoms with Gasteiger partial charge in [0.15, 0.2) is 0 Å². The van der Waals surface area contributed by atoms with Gasteiger partial charge in [-0.05, 0) is 23.4 Å². The number of rotatable bonds is 1. The van der Waals surface area contributed by atoms with Gasteiger partial charge >= 0.3 is 5.13 Å². The zero-order valence-corrected chi connectivity index (χ0v) is 5.07. The number of nitrogens with one attached hydrogen (secondary N) is 1. The molecule has 0 aliphatic heterocycles. The van der Waals surface area contributed by atoms with Crippen LogP contribution in [0.3, 0.4) is 0 Å². The Morgan fingerprint density at radius 1 is 1.62 bits per heavy atom. The first kappa shape index (κ1) is 5.30. The Morgan fingerprint density at radius 3 is 2.62 bits per heavy atom. The Balaban J connectivity index is 3.00. The molecule has 5 heteroatoms. The Morgan fingerprint density at radius 2 is 2.38 bits per heavy atom. The number of hydrogen-bond donors (Lipinski definition) is 1. The van der Waals surface area contributed by atoms with Crippen molar-refractivity contribution in [3.05, 3.63) is 10.5 Å². The fourth-order valence-electron chi connectivity index (χ4n) is 0.342. The molecule has 1 rings (SSSR count). The highest BCUT2D eigenvalue weighted by molar-refractivity contribution is 7.14. The molecule has 0 aliphatic carbocycles. The lowest BCUT2D eigenvalue weighted by atomic mass is 10.9. The fraction of sp³-hybridized carbons (Fsp3) is 0.333. The summed E-state index contributed by atoms with van der Waals surface area (Å²) in [5.74, 6) is 0. The van der Waals surface area contributed by atoms with E-state index >= 15 is 0 Å². The second-order valence-electron chi connectivity index (χ2n) is 1.24. The van der Waals surface area contributed by atoms with Gasteiger partial charge in [-0.25, -0.2) is 0 Å². The van der Waals surface area contributed by atoms with Gasteiger partial charge in [-0.2, -0.15) is 0 Å². The molecule has 42 valence electrons. The highest BCUT2D eigenvalue weighted by atomic mass is 32.1. The number of nitrogens with zero attached hydrogens (tertiary/aromatic N) is 3. The van der Waals surface area contributed by atoms with Gasteiger partial charge in [0.25, 0.3) is 0 Å². The van der Waals surface area contributed by atoms with Crippen LogP contribution in [-0.2, 0) is 0 Å². The summed E-state index contributed by atoms with van der Waals surface area (Å²) in [6.07, 6.45) is 0. The molecule has 1 N–H and O–H groups in total. The number of aryl methyl sites for hydroxylation is 1. The molecule has 0 radical (unpaired) electrons. The first-order valence-corrected chi connectivity index (χ1v) is 2.85. The van der Waals surface area contributed by atoms with E-state index in [-0.39, 0.29) is 0 Å². The first-order valence-electron chi connectivity index (χ1n) is 2.03. The average Bonchev–Trinajstić information content (AvgIpc) is 2.14. The van der Waals surface area contributed by atoms with Crippen molar-refractivity contribution in [1.82, 2.24) is 10.2 Å². The third-order valence-corrected chi connectivity index (χ3v) is 1.37. The molecule has 0 fully saturated rings. The largest absolute Gasteiger partial charge is 0.613 e. The van der Waals surface area contributed by atoms with Crippen molar-refractivity contribution in [2.24, 2.45) is 0 Å². The van der Waals surface area contributed by atoms with Crippen LogP contribution in [0.15, 0.2) is 0 Å². The average molecular weight is 128 g/mol. The quantitative estimate of drug-likeness (QED) is 0.522. The molecule has 1 aromatic heterocycles. The van der Waals surface area contributed by atoms with Gasteiger partial charge in [0.05, 0.1) is 5.10 Å². The molecule has 1 heterocycles. The summed E-state index contributed by atoms with van der Waals surface area (Å²) in [6, 6.07) is 0. The summed E-state index contributed by atoms with van der Waals surface area (Å²) < 4.78 is 0. The molecule has 0 saturated carbocycles. The van der Waals surface area contributed by atoms with Crippen LogP contribution in [0, 0.1) is 6.92 Å². The Labute approximate surface area is 50.1 Å². The topological polar surface area (TPSA) is 62.0 Å². The maximum atomic E-state index is 8.21. The molecule has 4 nitrogen and oxygen atoms in total. The minimum absolute atomic E-state index is 0.433. The van der Waals surface area contributed by atoms with Crippen molar-refractivity contribution in [2.75, 3.05) is 0 Å². The minimum Gasteiger partial charge on any atom is -0.613 e. The molecule has 0 aliphatic rings. The van der Waals surface area contributed by atoms with Crippen LogP contribution in [0.5, 0.6) is 0 Å². The number of aromatic nitrogens is 2. The molecule has 0 atom stereocenters. The van der Waals surface area contributed by atoms with Gasteiger partial charge in [-0.15, -0.1) is 0 Å². The van der Waals surface area contributed by atoms with Crippen molar-refractivity contribution in [2.45, 2.75) is 6.92 Å². The SMILES string of the molecule is Cc1nnc([NH+]=[N-])s1. The predicted molar refractivity (Wildman–Crippen MR) is 28.6 cm³/mol.